The maximum atomic E-state index is 14.9. The van der Waals surface area contributed by atoms with E-state index in [2.05, 4.69) is 72.2 Å². The number of nitrogens with zero attached hydrogens (tertiary/aromatic N) is 1. The van der Waals surface area contributed by atoms with Crippen molar-refractivity contribution < 1.29 is 19.7 Å². The van der Waals surface area contributed by atoms with Gasteiger partial charge in [0.25, 0.3) is 0 Å². The average molecular weight is 651 g/mol. The zero-order valence-corrected chi connectivity index (χ0v) is 31.1. The van der Waals surface area contributed by atoms with Gasteiger partial charge < -0.3 is 10.2 Å². The second kappa shape index (κ2) is 11.0. The molecule has 47 heavy (non-hydrogen) atoms. The van der Waals surface area contributed by atoms with Crippen LogP contribution in [0.1, 0.15) is 139 Å². The van der Waals surface area contributed by atoms with Crippen molar-refractivity contribution >= 4 is 11.8 Å². The normalized spacial score (nSPS) is 49.5. The molecule has 2 amide bonds. The first-order valence-corrected chi connectivity index (χ1v) is 19.5. The zero-order chi connectivity index (χ0) is 33.9. The molecule has 6 heteroatoms. The monoisotopic (exact) mass is 651 g/mol. The van der Waals surface area contributed by atoms with E-state index < -0.39 is 0 Å². The maximum absolute atomic E-state index is 14.9. The number of fused-ring (bicyclic) bond motifs is 7. The fourth-order valence-electron chi connectivity index (χ4n) is 14.7. The van der Waals surface area contributed by atoms with Crippen molar-refractivity contribution in [3.63, 3.8) is 0 Å². The Morgan fingerprint density at radius 3 is 2.15 bits per heavy atom. The Balaban J connectivity index is 1.16. The molecular weight excluding hydrogens is 584 g/mol. The van der Waals surface area contributed by atoms with Crippen LogP contribution in [0.3, 0.4) is 0 Å². The lowest BCUT2D eigenvalue weighted by molar-refractivity contribution is -0.330. The first kappa shape index (κ1) is 34.1. The number of likely N-dealkylation sites (tertiary alicyclic amines) is 1. The molecule has 7 rings (SSSR count). The molecule has 6 nitrogen and oxygen atoms in total. The van der Waals surface area contributed by atoms with Crippen LogP contribution in [-0.2, 0) is 14.5 Å². The van der Waals surface area contributed by atoms with Gasteiger partial charge in [0.1, 0.15) is 0 Å². The summed E-state index contributed by atoms with van der Waals surface area (Å²) in [4.78, 5) is 35.5. The van der Waals surface area contributed by atoms with E-state index in [1.165, 1.54) is 31.3 Å². The number of allylic oxidation sites excluding steroid dienone is 1. The molecule has 1 aliphatic heterocycles. The summed E-state index contributed by atoms with van der Waals surface area (Å²) in [6.07, 6.45) is 13.9. The van der Waals surface area contributed by atoms with E-state index in [1.807, 2.05) is 0 Å². The highest BCUT2D eigenvalue weighted by Crippen LogP contribution is 2.77. The number of carbonyl (C=O) groups excluding carboxylic acids is 2. The fraction of sp³-hybridized carbons (Fsp3) is 0.902. The maximum Gasteiger partial charge on any atom is 0.226 e. The van der Waals surface area contributed by atoms with E-state index in [0.717, 1.165) is 70.9 Å². The van der Waals surface area contributed by atoms with Crippen LogP contribution in [0.2, 0.25) is 0 Å². The minimum absolute atomic E-state index is 0.00821. The molecule has 7 aliphatic rings. The molecule has 0 aromatic carbocycles. The number of carbonyl (C=O) groups is 2. The van der Waals surface area contributed by atoms with Crippen molar-refractivity contribution in [1.29, 1.82) is 0 Å². The van der Waals surface area contributed by atoms with Crippen LogP contribution in [0.15, 0.2) is 12.2 Å². The predicted molar refractivity (Wildman–Crippen MR) is 186 cm³/mol. The molecule has 7 fully saturated rings. The Labute approximate surface area is 285 Å². The van der Waals surface area contributed by atoms with Crippen LogP contribution in [0, 0.1) is 68.0 Å². The number of amides is 2. The quantitative estimate of drug-likeness (QED) is 0.177. The van der Waals surface area contributed by atoms with Crippen LogP contribution < -0.4 is 5.32 Å². The minimum Gasteiger partial charge on any atom is -0.352 e. The average Bonchev–Trinajstić information content (AvgIpc) is 3.69. The van der Waals surface area contributed by atoms with Crippen molar-refractivity contribution in [1.82, 2.24) is 10.2 Å². The number of nitrogens with one attached hydrogen (secondary N) is 1. The molecule has 3 unspecified atom stereocenters. The molecule has 2 N–H and O–H groups in total. The molecule has 0 bridgehead atoms. The predicted octanol–water partition coefficient (Wildman–Crippen LogP) is 8.66. The Kier molecular flexibility index (Phi) is 8.01. The Hall–Kier alpha value is -1.40. The van der Waals surface area contributed by atoms with Gasteiger partial charge in [-0.05, 0) is 147 Å². The topological polar surface area (TPSA) is 78.9 Å². The summed E-state index contributed by atoms with van der Waals surface area (Å²) in [5, 5.41) is 13.5. The van der Waals surface area contributed by atoms with Crippen molar-refractivity contribution in [2.24, 2.45) is 68.0 Å². The number of rotatable bonds is 5. The first-order valence-electron chi connectivity index (χ1n) is 19.5. The number of hydrogen-bond acceptors (Lipinski definition) is 4. The van der Waals surface area contributed by atoms with Crippen LogP contribution in [0.5, 0.6) is 0 Å². The van der Waals surface area contributed by atoms with Gasteiger partial charge in [-0.25, -0.2) is 4.89 Å². The SMILES string of the molecule is C=C(C)[C@@H]1CC[C@]2(C(=O)NC3C[C@H](C(=O)N4CCCC4)C3(C)C)CC[C@@]3(C)C4CC[C@H]5C(C)(C)[C@@H](OO)CC[C@]5(C)[C@H]4CC[C@]3(C)C12. The first-order chi connectivity index (χ1) is 22.0. The molecule has 12 atom stereocenters. The minimum atomic E-state index is -0.357. The summed E-state index contributed by atoms with van der Waals surface area (Å²) >= 11 is 0. The van der Waals surface area contributed by atoms with Gasteiger partial charge in [0.15, 0.2) is 0 Å². The highest BCUT2D eigenvalue weighted by atomic mass is 17.1. The standard InChI is InChI=1S/C41H66N2O4/c1-25(2)26-14-19-41(35(45)42-31-24-29(36(31,3)4)34(44)43-22-10-11-23-43)21-20-39(8)28-12-13-30-37(5,6)32(47-46)16-17-38(30,7)27(28)15-18-40(39,9)33(26)41/h26-33,46H,1,10-24H2,2-9H3,(H,42,45)/t26-,27-,28?,29+,30-,31?,32-,33?,38+,39-,40+,41-/m0/s1. The largest absolute Gasteiger partial charge is 0.352 e. The van der Waals surface area contributed by atoms with Crippen LogP contribution in [-0.4, -0.2) is 47.2 Å². The fourth-order valence-corrected chi connectivity index (χ4v) is 14.7. The molecule has 0 radical (unpaired) electrons. The van der Waals surface area contributed by atoms with Gasteiger partial charge in [-0.15, -0.1) is 0 Å². The summed E-state index contributed by atoms with van der Waals surface area (Å²) in [5.74, 6) is 3.15. The van der Waals surface area contributed by atoms with Crippen molar-refractivity contribution in [3.8, 4) is 0 Å². The smallest absolute Gasteiger partial charge is 0.226 e. The van der Waals surface area contributed by atoms with Gasteiger partial charge in [0.05, 0.1) is 11.5 Å². The van der Waals surface area contributed by atoms with Crippen LogP contribution in [0.25, 0.3) is 0 Å². The third-order valence-electron chi connectivity index (χ3n) is 17.8. The molecule has 1 heterocycles. The van der Waals surface area contributed by atoms with E-state index >= 15 is 0 Å². The molecule has 0 aromatic heterocycles. The van der Waals surface area contributed by atoms with Gasteiger partial charge in [0, 0.05) is 25.0 Å². The highest BCUT2D eigenvalue weighted by molar-refractivity contribution is 5.86. The van der Waals surface area contributed by atoms with E-state index in [-0.39, 0.29) is 56.5 Å². The highest BCUT2D eigenvalue weighted by Gasteiger charge is 2.73. The third-order valence-corrected chi connectivity index (χ3v) is 17.8. The second-order valence-corrected chi connectivity index (χ2v) is 20.0. The van der Waals surface area contributed by atoms with E-state index in [0.29, 0.717) is 35.5 Å². The van der Waals surface area contributed by atoms with Gasteiger partial charge in [-0.1, -0.05) is 60.6 Å². The van der Waals surface area contributed by atoms with Crippen LogP contribution >= 0.6 is 0 Å². The Bertz CT molecular complexity index is 1300. The molecule has 264 valence electrons. The molecule has 0 aromatic rings. The van der Waals surface area contributed by atoms with Gasteiger partial charge in [0.2, 0.25) is 11.8 Å². The summed E-state index contributed by atoms with van der Waals surface area (Å²) in [5.41, 5.74) is 1.13. The second-order valence-electron chi connectivity index (χ2n) is 20.0. The van der Waals surface area contributed by atoms with E-state index in [9.17, 15) is 14.8 Å². The van der Waals surface area contributed by atoms with Crippen LogP contribution in [0.4, 0.5) is 0 Å². The molecule has 1 saturated heterocycles. The van der Waals surface area contributed by atoms with E-state index in [1.54, 1.807) is 0 Å². The summed E-state index contributed by atoms with van der Waals surface area (Å²) in [7, 11) is 0. The molecular formula is C41H66N2O4. The summed E-state index contributed by atoms with van der Waals surface area (Å²) in [6, 6.07) is 0.0546. The van der Waals surface area contributed by atoms with Gasteiger partial charge in [-0.3, -0.25) is 14.8 Å². The van der Waals surface area contributed by atoms with Crippen molar-refractivity contribution in [2.45, 2.75) is 151 Å². The zero-order valence-electron chi connectivity index (χ0n) is 31.1. The number of hydrogen-bond donors (Lipinski definition) is 2. The van der Waals surface area contributed by atoms with Gasteiger partial charge >= 0.3 is 0 Å². The Morgan fingerprint density at radius 2 is 1.51 bits per heavy atom. The molecule has 6 saturated carbocycles. The lowest BCUT2D eigenvalue weighted by atomic mass is 9.33. The van der Waals surface area contributed by atoms with E-state index in [4.69, 9.17) is 4.89 Å². The lowest BCUT2D eigenvalue weighted by Crippen LogP contribution is -2.68. The lowest BCUT2D eigenvalue weighted by Gasteiger charge is -2.72. The summed E-state index contributed by atoms with van der Waals surface area (Å²) in [6.45, 7) is 25.5. The third kappa shape index (κ3) is 4.47. The van der Waals surface area contributed by atoms with Gasteiger partial charge in [-0.2, -0.15) is 0 Å². The molecule has 0 spiro atoms. The summed E-state index contributed by atoms with van der Waals surface area (Å²) < 4.78 is 0. The Morgan fingerprint density at radius 1 is 0.809 bits per heavy atom. The molecule has 6 aliphatic carbocycles. The van der Waals surface area contributed by atoms with Crippen molar-refractivity contribution in [2.75, 3.05) is 13.1 Å². The van der Waals surface area contributed by atoms with Crippen molar-refractivity contribution in [3.05, 3.63) is 12.2 Å².